The molecule has 0 rings (SSSR count). The number of hydrogen-bond acceptors (Lipinski definition) is 2. The molecule has 2 N–H and O–H groups in total. The van der Waals surface area contributed by atoms with Crippen LogP contribution in [0.25, 0.3) is 0 Å². The van der Waals surface area contributed by atoms with Crippen LogP contribution < -0.4 is 5.32 Å². The van der Waals surface area contributed by atoms with Crippen LogP contribution in [0.5, 0.6) is 0 Å². The second-order valence-corrected chi connectivity index (χ2v) is 6.04. The van der Waals surface area contributed by atoms with Crippen molar-refractivity contribution < 1.29 is 14.7 Å². The van der Waals surface area contributed by atoms with Crippen LogP contribution in [0, 0.1) is 5.92 Å². The third-order valence-corrected chi connectivity index (χ3v) is 3.40. The fourth-order valence-corrected chi connectivity index (χ4v) is 2.24. The van der Waals surface area contributed by atoms with Crippen LogP contribution in [-0.2, 0) is 9.59 Å². The zero-order valence-corrected chi connectivity index (χ0v) is 13.6. The lowest BCUT2D eigenvalue weighted by atomic mass is 10.0. The summed E-state index contributed by atoms with van der Waals surface area (Å²) in [6.45, 7) is 7.60. The predicted octanol–water partition coefficient (Wildman–Crippen LogP) is 3.91. The first-order valence-electron chi connectivity index (χ1n) is 8.10. The van der Waals surface area contributed by atoms with Crippen molar-refractivity contribution in [2.24, 2.45) is 5.92 Å². The second kappa shape index (κ2) is 12.4. The highest BCUT2D eigenvalue weighted by atomic mass is 16.4. The Kier molecular flexibility index (Phi) is 11.6. The van der Waals surface area contributed by atoms with Gasteiger partial charge in [0.15, 0.2) is 0 Å². The van der Waals surface area contributed by atoms with Crippen LogP contribution in [0.4, 0.5) is 0 Å². The zero-order chi connectivity index (χ0) is 16.1. The van der Waals surface area contributed by atoms with Crippen LogP contribution in [-0.4, -0.2) is 23.0 Å². The van der Waals surface area contributed by atoms with E-state index in [4.69, 9.17) is 5.11 Å². The number of carbonyl (C=O) groups excluding carboxylic acids is 1. The smallest absolute Gasteiger partial charge is 0.326 e. The molecule has 0 heterocycles. The van der Waals surface area contributed by atoms with Gasteiger partial charge in [-0.1, -0.05) is 45.6 Å². The Bertz CT molecular complexity index is 313. The molecule has 122 valence electrons. The molecule has 0 saturated heterocycles. The molecule has 0 aliphatic carbocycles. The number of rotatable bonds is 13. The molecular formula is C17H31NO3. The molecule has 0 aliphatic rings. The number of carbonyl (C=O) groups is 2. The molecule has 0 bridgehead atoms. The summed E-state index contributed by atoms with van der Waals surface area (Å²) in [5.41, 5.74) is 0. The van der Waals surface area contributed by atoms with Crippen molar-refractivity contribution in [1.29, 1.82) is 0 Å². The first-order valence-corrected chi connectivity index (χ1v) is 8.10. The normalized spacial score (nSPS) is 12.1. The maximum atomic E-state index is 11.7. The van der Waals surface area contributed by atoms with E-state index in [-0.39, 0.29) is 11.8 Å². The number of aliphatic carboxylic acids is 1. The van der Waals surface area contributed by atoms with E-state index in [0.29, 0.717) is 12.8 Å². The van der Waals surface area contributed by atoms with E-state index in [2.05, 4.69) is 11.9 Å². The Morgan fingerprint density at radius 2 is 1.67 bits per heavy atom. The van der Waals surface area contributed by atoms with Gasteiger partial charge < -0.3 is 10.4 Å². The van der Waals surface area contributed by atoms with E-state index in [1.165, 1.54) is 19.3 Å². The fraction of sp³-hybridized carbons (Fsp3) is 0.765. The molecule has 0 aliphatic heterocycles. The molecule has 0 unspecified atom stereocenters. The molecule has 0 fully saturated rings. The average Bonchev–Trinajstić information content (AvgIpc) is 2.40. The summed E-state index contributed by atoms with van der Waals surface area (Å²) in [5.74, 6) is -0.837. The molecule has 4 nitrogen and oxygen atoms in total. The fourth-order valence-electron chi connectivity index (χ4n) is 2.24. The quantitative estimate of drug-likeness (QED) is 0.400. The molecule has 0 radical (unpaired) electrons. The standard InChI is InChI=1S/C17H31NO3/c1-4-5-6-7-8-9-10-11-12-16(19)18-15(17(20)21)13-14(2)3/h4,14-15H,1,5-13H2,2-3H3,(H,18,19)(H,20,21)/t15-/m0/s1. The van der Waals surface area contributed by atoms with Gasteiger partial charge in [0.2, 0.25) is 5.91 Å². The summed E-state index contributed by atoms with van der Waals surface area (Å²) in [6.07, 6.45) is 10.5. The highest BCUT2D eigenvalue weighted by Gasteiger charge is 2.20. The number of unbranched alkanes of at least 4 members (excludes halogenated alkanes) is 6. The largest absolute Gasteiger partial charge is 0.480 e. The summed E-state index contributed by atoms with van der Waals surface area (Å²) in [4.78, 5) is 22.8. The molecule has 1 amide bonds. The molecule has 0 aromatic heterocycles. The number of hydrogen-bond donors (Lipinski definition) is 2. The van der Waals surface area contributed by atoms with Crippen molar-refractivity contribution in [1.82, 2.24) is 5.32 Å². The van der Waals surface area contributed by atoms with Gasteiger partial charge in [-0.3, -0.25) is 4.79 Å². The predicted molar refractivity (Wildman–Crippen MR) is 86.2 cm³/mol. The SMILES string of the molecule is C=CCCCCCCCCC(=O)N[C@@H](CC(C)C)C(=O)O. The summed E-state index contributed by atoms with van der Waals surface area (Å²) < 4.78 is 0. The highest BCUT2D eigenvalue weighted by Crippen LogP contribution is 2.09. The van der Waals surface area contributed by atoms with Gasteiger partial charge in [0.25, 0.3) is 0 Å². The van der Waals surface area contributed by atoms with Crippen LogP contribution in [0.15, 0.2) is 12.7 Å². The summed E-state index contributed by atoms with van der Waals surface area (Å²) in [6, 6.07) is -0.753. The van der Waals surface area contributed by atoms with Crippen LogP contribution >= 0.6 is 0 Å². The van der Waals surface area contributed by atoms with Crippen molar-refractivity contribution in [2.45, 2.75) is 77.7 Å². The monoisotopic (exact) mass is 297 g/mol. The average molecular weight is 297 g/mol. The van der Waals surface area contributed by atoms with Crippen molar-refractivity contribution >= 4 is 11.9 Å². The van der Waals surface area contributed by atoms with Crippen LogP contribution in [0.2, 0.25) is 0 Å². The van der Waals surface area contributed by atoms with Crippen molar-refractivity contribution in [2.75, 3.05) is 0 Å². The van der Waals surface area contributed by atoms with E-state index in [1.54, 1.807) is 0 Å². The molecule has 21 heavy (non-hydrogen) atoms. The van der Waals surface area contributed by atoms with Gasteiger partial charge in [-0.15, -0.1) is 6.58 Å². The van der Waals surface area contributed by atoms with Gasteiger partial charge in [-0.2, -0.15) is 0 Å². The minimum Gasteiger partial charge on any atom is -0.480 e. The number of amides is 1. The minimum absolute atomic E-state index is 0.144. The Balaban J connectivity index is 3.68. The third-order valence-electron chi connectivity index (χ3n) is 3.40. The lowest BCUT2D eigenvalue weighted by Gasteiger charge is -2.16. The van der Waals surface area contributed by atoms with E-state index in [9.17, 15) is 9.59 Å². The third kappa shape index (κ3) is 12.2. The Morgan fingerprint density at radius 3 is 2.19 bits per heavy atom. The summed E-state index contributed by atoms with van der Waals surface area (Å²) in [5, 5.41) is 11.7. The summed E-state index contributed by atoms with van der Waals surface area (Å²) in [7, 11) is 0. The van der Waals surface area contributed by atoms with Crippen LogP contribution in [0.1, 0.15) is 71.6 Å². The lowest BCUT2D eigenvalue weighted by Crippen LogP contribution is -2.41. The van der Waals surface area contributed by atoms with E-state index >= 15 is 0 Å². The molecule has 0 saturated carbocycles. The van der Waals surface area contributed by atoms with Crippen molar-refractivity contribution in [3.05, 3.63) is 12.7 Å². The number of carboxylic acid groups (broad SMARTS) is 1. The number of allylic oxidation sites excluding steroid dienone is 1. The lowest BCUT2D eigenvalue weighted by molar-refractivity contribution is -0.142. The first-order chi connectivity index (χ1) is 9.97. The Morgan fingerprint density at radius 1 is 1.10 bits per heavy atom. The van der Waals surface area contributed by atoms with E-state index < -0.39 is 12.0 Å². The Hall–Kier alpha value is -1.32. The molecule has 1 atom stereocenters. The topological polar surface area (TPSA) is 66.4 Å². The zero-order valence-electron chi connectivity index (χ0n) is 13.6. The van der Waals surface area contributed by atoms with Crippen LogP contribution in [0.3, 0.4) is 0 Å². The van der Waals surface area contributed by atoms with Crippen molar-refractivity contribution in [3.63, 3.8) is 0 Å². The van der Waals surface area contributed by atoms with Gasteiger partial charge in [-0.05, 0) is 31.6 Å². The molecule has 0 spiro atoms. The first kappa shape index (κ1) is 19.7. The van der Waals surface area contributed by atoms with Gasteiger partial charge in [0.1, 0.15) is 6.04 Å². The molecular weight excluding hydrogens is 266 g/mol. The Labute approximate surface area is 129 Å². The molecule has 4 heteroatoms. The van der Waals surface area contributed by atoms with Gasteiger partial charge in [-0.25, -0.2) is 4.79 Å². The number of carboxylic acids is 1. The maximum Gasteiger partial charge on any atom is 0.326 e. The van der Waals surface area contributed by atoms with Gasteiger partial charge >= 0.3 is 5.97 Å². The van der Waals surface area contributed by atoms with E-state index in [1.807, 2.05) is 19.9 Å². The number of nitrogens with one attached hydrogen (secondary N) is 1. The van der Waals surface area contributed by atoms with Gasteiger partial charge in [0.05, 0.1) is 0 Å². The van der Waals surface area contributed by atoms with E-state index in [0.717, 1.165) is 25.7 Å². The maximum absolute atomic E-state index is 11.7. The van der Waals surface area contributed by atoms with Gasteiger partial charge in [0, 0.05) is 6.42 Å². The highest BCUT2D eigenvalue weighted by molar-refractivity contribution is 5.83. The summed E-state index contributed by atoms with van der Waals surface area (Å²) >= 11 is 0. The van der Waals surface area contributed by atoms with Crippen molar-refractivity contribution in [3.8, 4) is 0 Å². The molecule has 0 aromatic rings. The second-order valence-electron chi connectivity index (χ2n) is 6.04. The molecule has 0 aromatic carbocycles. The minimum atomic E-state index is -0.945.